The van der Waals surface area contributed by atoms with E-state index in [0.29, 0.717) is 29.7 Å². The summed E-state index contributed by atoms with van der Waals surface area (Å²) in [5, 5.41) is 0.486. The summed E-state index contributed by atoms with van der Waals surface area (Å²) in [5.41, 5.74) is 1.72. The molecule has 3 aliphatic heterocycles. The van der Waals surface area contributed by atoms with Crippen molar-refractivity contribution in [1.82, 2.24) is 14.7 Å². The molecule has 4 rings (SSSR count). The van der Waals surface area contributed by atoms with E-state index in [2.05, 4.69) is 0 Å². The number of urea groups is 1. The van der Waals surface area contributed by atoms with Crippen LogP contribution in [0.4, 0.5) is 10.5 Å². The van der Waals surface area contributed by atoms with Crippen LogP contribution in [0.25, 0.3) is 0 Å². The van der Waals surface area contributed by atoms with Gasteiger partial charge in [-0.2, -0.15) is 0 Å². The summed E-state index contributed by atoms with van der Waals surface area (Å²) in [6.07, 6.45) is 2.05. The van der Waals surface area contributed by atoms with Crippen LogP contribution in [0.5, 0.6) is 5.75 Å². The Labute approximate surface area is 168 Å². The monoisotopic (exact) mass is 403 g/mol. The van der Waals surface area contributed by atoms with Gasteiger partial charge in [-0.25, -0.2) is 9.79 Å². The second-order valence-electron chi connectivity index (χ2n) is 7.00. The smallest absolute Gasteiger partial charge is 0.328 e. The van der Waals surface area contributed by atoms with Crippen molar-refractivity contribution in [2.24, 2.45) is 4.99 Å². The Balaban J connectivity index is 1.72. The van der Waals surface area contributed by atoms with Gasteiger partial charge in [0.05, 0.1) is 17.8 Å². The number of imide groups is 1. The second-order valence-corrected chi connectivity index (χ2v) is 7.41. The van der Waals surface area contributed by atoms with Gasteiger partial charge in [-0.05, 0) is 31.5 Å². The van der Waals surface area contributed by atoms with Crippen molar-refractivity contribution in [3.63, 3.8) is 0 Å². The van der Waals surface area contributed by atoms with Gasteiger partial charge in [0.15, 0.2) is 12.2 Å². The first-order chi connectivity index (χ1) is 13.4. The zero-order valence-electron chi connectivity index (χ0n) is 16.2. The number of likely N-dealkylation sites (N-methyl/N-ethyl adjacent to an activating group) is 1. The van der Waals surface area contributed by atoms with E-state index < -0.39 is 12.2 Å². The first-order valence-electron chi connectivity index (χ1n) is 9.15. The molecular weight excluding hydrogens is 382 g/mol. The number of halogens is 1. The molecule has 0 spiro atoms. The molecule has 0 aromatic heterocycles. The van der Waals surface area contributed by atoms with Crippen molar-refractivity contribution in [1.29, 1.82) is 0 Å². The first kappa shape index (κ1) is 18.6. The summed E-state index contributed by atoms with van der Waals surface area (Å²) in [5.74, 6) is 0.980. The van der Waals surface area contributed by atoms with Crippen LogP contribution >= 0.6 is 11.6 Å². The van der Waals surface area contributed by atoms with E-state index in [-0.39, 0.29) is 11.9 Å². The summed E-state index contributed by atoms with van der Waals surface area (Å²) >= 11 is 6.30. The van der Waals surface area contributed by atoms with Crippen LogP contribution in [-0.2, 0) is 4.79 Å². The normalized spacial score (nSPS) is 23.8. The van der Waals surface area contributed by atoms with Gasteiger partial charge in [0.25, 0.3) is 5.91 Å². The Bertz CT molecular complexity index is 915. The molecule has 0 aliphatic carbocycles. The molecule has 3 amide bonds. The third-order valence-corrected chi connectivity index (χ3v) is 5.52. The molecule has 2 unspecified atom stereocenters. The van der Waals surface area contributed by atoms with Gasteiger partial charge >= 0.3 is 6.03 Å². The number of ether oxygens (including phenoxy) is 1. The van der Waals surface area contributed by atoms with Gasteiger partial charge in [-0.15, -0.1) is 0 Å². The highest BCUT2D eigenvalue weighted by atomic mass is 35.5. The number of fused-ring (bicyclic) bond motifs is 3. The molecule has 3 aliphatic rings. The molecule has 3 heterocycles. The molecule has 28 heavy (non-hydrogen) atoms. The van der Waals surface area contributed by atoms with Gasteiger partial charge in [0.1, 0.15) is 5.75 Å². The van der Waals surface area contributed by atoms with Crippen LogP contribution in [0, 0.1) is 0 Å². The SMILES string of the molecule is CCCN1C(=O)C2C(N=C3N(c4ccc(OC)c(Cl)c4)C(C)=CN32)N(C)C1=O. The van der Waals surface area contributed by atoms with Gasteiger partial charge in [-0.3, -0.25) is 14.6 Å². The zero-order chi connectivity index (χ0) is 20.2. The lowest BCUT2D eigenvalue weighted by Gasteiger charge is -2.40. The minimum absolute atomic E-state index is 0.215. The number of carbonyl (C=O) groups is 2. The summed E-state index contributed by atoms with van der Waals surface area (Å²) in [7, 11) is 3.25. The van der Waals surface area contributed by atoms with Crippen LogP contribution in [-0.4, -0.2) is 65.5 Å². The topological polar surface area (TPSA) is 68.7 Å². The number of amides is 3. The van der Waals surface area contributed by atoms with Crippen molar-refractivity contribution in [3.05, 3.63) is 35.1 Å². The molecule has 2 atom stereocenters. The lowest BCUT2D eigenvalue weighted by Crippen LogP contribution is -2.64. The molecule has 0 N–H and O–H groups in total. The van der Waals surface area contributed by atoms with Gasteiger partial charge in [-0.1, -0.05) is 18.5 Å². The highest BCUT2D eigenvalue weighted by molar-refractivity contribution is 6.32. The van der Waals surface area contributed by atoms with E-state index in [1.807, 2.05) is 35.9 Å². The number of hydrogen-bond acceptors (Lipinski definition) is 6. The van der Waals surface area contributed by atoms with Crippen molar-refractivity contribution < 1.29 is 14.3 Å². The molecule has 0 bridgehead atoms. The maximum atomic E-state index is 13.1. The minimum Gasteiger partial charge on any atom is -0.495 e. The standard InChI is InChI=1S/C19H22ClN5O3/c1-5-8-23-17(26)15-16(22(3)19(23)27)21-18-24(15)10-11(2)25(18)12-6-7-14(28-4)13(20)9-12/h6-7,9-10,15-16H,5,8H2,1-4H3. The van der Waals surface area contributed by atoms with Crippen LogP contribution in [0.15, 0.2) is 35.1 Å². The predicted molar refractivity (Wildman–Crippen MR) is 106 cm³/mol. The Morgan fingerprint density at radius 1 is 1.29 bits per heavy atom. The van der Waals surface area contributed by atoms with E-state index in [0.717, 1.165) is 11.4 Å². The second kappa shape index (κ2) is 6.70. The average molecular weight is 404 g/mol. The number of allylic oxidation sites excluding steroid dienone is 1. The fourth-order valence-corrected chi connectivity index (χ4v) is 4.15. The van der Waals surface area contributed by atoms with Gasteiger partial charge in [0, 0.05) is 25.5 Å². The average Bonchev–Trinajstić information content (AvgIpc) is 3.18. The summed E-state index contributed by atoms with van der Waals surface area (Å²) in [6, 6.07) is 4.61. The molecule has 0 saturated carbocycles. The summed E-state index contributed by atoms with van der Waals surface area (Å²) in [6.45, 7) is 4.28. The van der Waals surface area contributed by atoms with E-state index in [1.165, 1.54) is 9.80 Å². The number of methoxy groups -OCH3 is 1. The molecule has 8 nitrogen and oxygen atoms in total. The van der Waals surface area contributed by atoms with Gasteiger partial charge in [0.2, 0.25) is 5.96 Å². The zero-order valence-corrected chi connectivity index (χ0v) is 17.0. The molecule has 1 aromatic carbocycles. The lowest BCUT2D eigenvalue weighted by molar-refractivity contribution is -0.136. The van der Waals surface area contributed by atoms with Crippen LogP contribution < -0.4 is 9.64 Å². The lowest BCUT2D eigenvalue weighted by atomic mass is 10.1. The molecule has 0 radical (unpaired) electrons. The number of nitrogens with zero attached hydrogens (tertiary/aromatic N) is 5. The quantitative estimate of drug-likeness (QED) is 0.773. The molecule has 148 valence electrons. The van der Waals surface area contributed by atoms with Crippen LogP contribution in [0.1, 0.15) is 20.3 Å². The third-order valence-electron chi connectivity index (χ3n) is 5.23. The predicted octanol–water partition coefficient (Wildman–Crippen LogP) is 2.70. The largest absolute Gasteiger partial charge is 0.495 e. The number of aliphatic imine (C=N–C) groups is 1. The Morgan fingerprint density at radius 3 is 2.68 bits per heavy atom. The molecule has 1 aromatic rings. The van der Waals surface area contributed by atoms with E-state index in [9.17, 15) is 9.59 Å². The van der Waals surface area contributed by atoms with E-state index in [1.54, 1.807) is 26.3 Å². The van der Waals surface area contributed by atoms with Crippen LogP contribution in [0.2, 0.25) is 5.02 Å². The van der Waals surface area contributed by atoms with Crippen molar-refractivity contribution in [2.75, 3.05) is 25.6 Å². The molecule has 1 saturated heterocycles. The Morgan fingerprint density at radius 2 is 2.04 bits per heavy atom. The molecule has 1 fully saturated rings. The maximum Gasteiger partial charge on any atom is 0.328 e. The highest BCUT2D eigenvalue weighted by Crippen LogP contribution is 2.38. The van der Waals surface area contributed by atoms with E-state index >= 15 is 0 Å². The number of hydrogen-bond donors (Lipinski definition) is 0. The summed E-state index contributed by atoms with van der Waals surface area (Å²) < 4.78 is 5.23. The Kier molecular flexibility index (Phi) is 4.45. The number of carbonyl (C=O) groups excluding carboxylic acids is 2. The maximum absolute atomic E-state index is 13.1. The van der Waals surface area contributed by atoms with Gasteiger partial charge < -0.3 is 14.5 Å². The van der Waals surface area contributed by atoms with Crippen molar-refractivity contribution >= 4 is 35.2 Å². The first-order valence-corrected chi connectivity index (χ1v) is 9.53. The number of guanidine groups is 1. The van der Waals surface area contributed by atoms with Crippen LogP contribution in [0.3, 0.4) is 0 Å². The summed E-state index contributed by atoms with van der Waals surface area (Å²) in [4.78, 5) is 37.0. The van der Waals surface area contributed by atoms with E-state index in [4.69, 9.17) is 21.3 Å². The minimum atomic E-state index is -0.557. The van der Waals surface area contributed by atoms with Crippen molar-refractivity contribution in [3.8, 4) is 5.75 Å². The third kappa shape index (κ3) is 2.55. The number of rotatable bonds is 4. The fraction of sp³-hybridized carbons (Fsp3) is 0.421. The fourth-order valence-electron chi connectivity index (χ4n) is 3.90. The Hall–Kier alpha value is -2.74. The van der Waals surface area contributed by atoms with Crippen molar-refractivity contribution in [2.45, 2.75) is 32.5 Å². The molecule has 9 heteroatoms. The number of benzene rings is 1. The highest BCUT2D eigenvalue weighted by Gasteiger charge is 2.54. The number of anilines is 1. The molecular formula is C19H22ClN5O3.